The second-order valence-electron chi connectivity index (χ2n) is 16.5. The van der Waals surface area contributed by atoms with Crippen LogP contribution in [0.5, 0.6) is 0 Å². The van der Waals surface area contributed by atoms with Gasteiger partial charge in [0.1, 0.15) is 11.2 Å². The summed E-state index contributed by atoms with van der Waals surface area (Å²) in [5, 5.41) is 4.91. The van der Waals surface area contributed by atoms with Crippen LogP contribution in [0.1, 0.15) is 25.0 Å². The molecule has 60 heavy (non-hydrogen) atoms. The van der Waals surface area contributed by atoms with Gasteiger partial charge in [0.15, 0.2) is 0 Å². The summed E-state index contributed by atoms with van der Waals surface area (Å²) in [5.74, 6) is 0. The lowest BCUT2D eigenvalue weighted by atomic mass is 9.82. The lowest BCUT2D eigenvalue weighted by Crippen LogP contribution is -2.14. The van der Waals surface area contributed by atoms with E-state index in [4.69, 9.17) is 4.42 Å². The van der Waals surface area contributed by atoms with Crippen LogP contribution in [0, 0.1) is 0 Å². The van der Waals surface area contributed by atoms with Crippen molar-refractivity contribution in [1.29, 1.82) is 0 Å². The highest BCUT2D eigenvalue weighted by Gasteiger charge is 2.35. The summed E-state index contributed by atoms with van der Waals surface area (Å²) in [6, 6.07) is 73.1. The van der Waals surface area contributed by atoms with Crippen molar-refractivity contribution >= 4 is 70.5 Å². The lowest BCUT2D eigenvalue weighted by molar-refractivity contribution is 0.660. The minimum Gasteiger partial charge on any atom is -0.455 e. The maximum Gasteiger partial charge on any atom is 0.143 e. The Kier molecular flexibility index (Phi) is 7.79. The average molecular weight is 786 g/mol. The summed E-state index contributed by atoms with van der Waals surface area (Å²) in [6.07, 6.45) is 0. The summed E-state index contributed by atoms with van der Waals surface area (Å²) in [4.78, 5) is 2.38. The number of thiophene rings is 1. The van der Waals surface area contributed by atoms with Gasteiger partial charge in [0.2, 0.25) is 0 Å². The van der Waals surface area contributed by atoms with Crippen LogP contribution in [0.3, 0.4) is 0 Å². The second kappa shape index (κ2) is 13.4. The number of benzene rings is 9. The fourth-order valence-corrected chi connectivity index (χ4v) is 10.9. The van der Waals surface area contributed by atoms with Crippen molar-refractivity contribution in [2.75, 3.05) is 4.90 Å². The van der Waals surface area contributed by atoms with Crippen LogP contribution in [0.2, 0.25) is 0 Å². The zero-order valence-electron chi connectivity index (χ0n) is 33.3. The van der Waals surface area contributed by atoms with Gasteiger partial charge in [-0.1, -0.05) is 153 Å². The highest BCUT2D eigenvalue weighted by Crippen LogP contribution is 2.50. The Morgan fingerprint density at radius 2 is 0.983 bits per heavy atom. The molecule has 0 saturated heterocycles. The van der Waals surface area contributed by atoms with Gasteiger partial charge in [-0.3, -0.25) is 0 Å². The predicted molar refractivity (Wildman–Crippen MR) is 255 cm³/mol. The first-order valence-electron chi connectivity index (χ1n) is 20.7. The number of hydrogen-bond acceptors (Lipinski definition) is 3. The highest BCUT2D eigenvalue weighted by molar-refractivity contribution is 7.25. The smallest absolute Gasteiger partial charge is 0.143 e. The van der Waals surface area contributed by atoms with Crippen LogP contribution in [0.4, 0.5) is 17.1 Å². The first kappa shape index (κ1) is 34.8. The number of hydrogen-bond donors (Lipinski definition) is 0. The maximum absolute atomic E-state index is 6.45. The van der Waals surface area contributed by atoms with Crippen molar-refractivity contribution in [1.82, 2.24) is 0 Å². The van der Waals surface area contributed by atoms with Crippen LogP contribution >= 0.6 is 11.3 Å². The zero-order valence-corrected chi connectivity index (χ0v) is 34.1. The van der Waals surface area contributed by atoms with Crippen molar-refractivity contribution < 1.29 is 4.42 Å². The topological polar surface area (TPSA) is 16.4 Å². The quantitative estimate of drug-likeness (QED) is 0.167. The van der Waals surface area contributed by atoms with Crippen molar-refractivity contribution in [3.63, 3.8) is 0 Å². The number of anilines is 3. The molecular weight excluding hydrogens is 747 g/mol. The highest BCUT2D eigenvalue weighted by atomic mass is 32.1. The molecule has 0 amide bonds. The molecule has 0 radical (unpaired) electrons. The van der Waals surface area contributed by atoms with Crippen LogP contribution in [-0.2, 0) is 5.41 Å². The molecule has 0 unspecified atom stereocenters. The molecule has 2 heterocycles. The molecule has 2 nitrogen and oxygen atoms in total. The van der Waals surface area contributed by atoms with Gasteiger partial charge in [-0.2, -0.15) is 0 Å². The molecular formula is C57H39NOS. The van der Waals surface area contributed by atoms with E-state index in [9.17, 15) is 0 Å². The Morgan fingerprint density at radius 3 is 1.82 bits per heavy atom. The van der Waals surface area contributed by atoms with Gasteiger partial charge in [0, 0.05) is 59.0 Å². The van der Waals surface area contributed by atoms with Crippen LogP contribution in [0.25, 0.3) is 86.6 Å². The molecule has 9 aromatic carbocycles. The van der Waals surface area contributed by atoms with Crippen LogP contribution in [0.15, 0.2) is 205 Å². The maximum atomic E-state index is 6.45. The van der Waals surface area contributed by atoms with E-state index < -0.39 is 0 Å². The average Bonchev–Trinajstić information content (AvgIpc) is 3.95. The monoisotopic (exact) mass is 785 g/mol. The van der Waals surface area contributed by atoms with E-state index in [0.717, 1.165) is 50.1 Å². The molecule has 3 heteroatoms. The van der Waals surface area contributed by atoms with E-state index in [1.54, 1.807) is 0 Å². The summed E-state index contributed by atoms with van der Waals surface area (Å²) in [5.41, 5.74) is 17.6. The SMILES string of the molecule is CC1(C)c2ccccc2-c2cc(-c3cccc(N(c4ccc(-c5cccc6c5oc5ccccc56)cc4)c4ccc(-c5cccc6sc7ccccc7c56)cc4)c3)ccc21. The van der Waals surface area contributed by atoms with Gasteiger partial charge in [-0.05, 0) is 111 Å². The first-order valence-corrected chi connectivity index (χ1v) is 21.5. The molecule has 0 bridgehead atoms. The van der Waals surface area contributed by atoms with Gasteiger partial charge >= 0.3 is 0 Å². The van der Waals surface area contributed by atoms with E-state index in [1.807, 2.05) is 23.5 Å². The van der Waals surface area contributed by atoms with Gasteiger partial charge in [0.05, 0.1) is 0 Å². The third-order valence-corrected chi connectivity index (χ3v) is 13.8. The molecule has 0 N–H and O–H groups in total. The van der Waals surface area contributed by atoms with E-state index >= 15 is 0 Å². The summed E-state index contributed by atoms with van der Waals surface area (Å²) >= 11 is 1.86. The molecule has 2 aromatic heterocycles. The van der Waals surface area contributed by atoms with Gasteiger partial charge in [-0.15, -0.1) is 11.3 Å². The van der Waals surface area contributed by atoms with E-state index in [1.165, 1.54) is 64.7 Å². The molecule has 1 aliphatic rings. The number of nitrogens with zero attached hydrogens (tertiary/aromatic N) is 1. The lowest BCUT2D eigenvalue weighted by Gasteiger charge is -2.26. The molecule has 0 saturated carbocycles. The predicted octanol–water partition coefficient (Wildman–Crippen LogP) is 16.7. The van der Waals surface area contributed by atoms with Gasteiger partial charge < -0.3 is 9.32 Å². The summed E-state index contributed by atoms with van der Waals surface area (Å²) in [7, 11) is 0. The van der Waals surface area contributed by atoms with E-state index in [0.29, 0.717) is 0 Å². The summed E-state index contributed by atoms with van der Waals surface area (Å²) < 4.78 is 9.08. The van der Waals surface area contributed by atoms with Crippen molar-refractivity contribution in [3.8, 4) is 44.5 Å². The Labute approximate surface area is 353 Å². The summed E-state index contributed by atoms with van der Waals surface area (Å²) in [6.45, 7) is 4.68. The Bertz CT molecular complexity index is 3460. The van der Waals surface area contributed by atoms with E-state index in [2.05, 4.69) is 207 Å². The molecule has 11 aromatic rings. The zero-order chi connectivity index (χ0) is 40.0. The standard InChI is InChI=1S/C57H39NOS/c1-57(2)50-20-6-3-14-45(50)49-35-39(28-33-51(49)57)38-12-9-13-42(34-38)58(40-29-24-36(25-30-40)43-17-11-23-54-55(43)48-16-5-8-22-53(48)60-54)41-31-26-37(27-32-41)44-18-10-19-47-46-15-4-7-21-52(46)59-56(44)47/h3-35H,1-2H3. The first-order chi connectivity index (χ1) is 29.5. The molecule has 284 valence electrons. The number of fused-ring (bicyclic) bond motifs is 9. The molecule has 1 aliphatic carbocycles. The third-order valence-electron chi connectivity index (χ3n) is 12.7. The van der Waals surface area contributed by atoms with Gasteiger partial charge in [-0.25, -0.2) is 0 Å². The van der Waals surface area contributed by atoms with Crippen molar-refractivity contribution in [2.45, 2.75) is 19.3 Å². The van der Waals surface area contributed by atoms with Gasteiger partial charge in [0.25, 0.3) is 0 Å². The number of furan rings is 1. The number of para-hydroxylation sites is 2. The minimum atomic E-state index is -0.0284. The van der Waals surface area contributed by atoms with Crippen molar-refractivity contribution in [2.24, 2.45) is 0 Å². The molecule has 0 aliphatic heterocycles. The fraction of sp³-hybridized carbons (Fsp3) is 0.0526. The van der Waals surface area contributed by atoms with Crippen LogP contribution in [-0.4, -0.2) is 0 Å². The normalized spacial score (nSPS) is 13.0. The molecule has 0 atom stereocenters. The van der Waals surface area contributed by atoms with E-state index in [-0.39, 0.29) is 5.41 Å². The molecule has 0 fully saturated rings. The Balaban J connectivity index is 0.974. The Hall–Kier alpha value is -7.20. The Morgan fingerprint density at radius 1 is 0.400 bits per heavy atom. The van der Waals surface area contributed by atoms with Crippen molar-refractivity contribution in [3.05, 3.63) is 211 Å². The third kappa shape index (κ3) is 5.40. The molecule has 0 spiro atoms. The molecule has 12 rings (SSSR count). The van der Waals surface area contributed by atoms with Crippen LogP contribution < -0.4 is 4.90 Å². The second-order valence-corrected chi connectivity index (χ2v) is 17.6. The largest absolute Gasteiger partial charge is 0.455 e. The fourth-order valence-electron chi connectivity index (χ4n) is 9.74. The minimum absolute atomic E-state index is 0.0284. The number of rotatable bonds is 6.